The summed E-state index contributed by atoms with van der Waals surface area (Å²) in [5.41, 5.74) is 0. The van der Waals surface area contributed by atoms with E-state index in [0.29, 0.717) is 6.42 Å². The van der Waals surface area contributed by atoms with Crippen molar-refractivity contribution in [3.8, 4) is 0 Å². The van der Waals surface area contributed by atoms with Crippen LogP contribution in [-0.4, -0.2) is 91.6 Å². The van der Waals surface area contributed by atoms with E-state index in [9.17, 15) is 30.3 Å². The normalized spacial score (nSPS) is 18.9. The fourth-order valence-corrected chi connectivity index (χ4v) is 2.34. The fraction of sp³-hybridized carbons (Fsp3) is 0.938. The van der Waals surface area contributed by atoms with Gasteiger partial charge in [0.2, 0.25) is 0 Å². The third-order valence-electron chi connectivity index (χ3n) is 3.84. The van der Waals surface area contributed by atoms with Crippen molar-refractivity contribution in [1.29, 1.82) is 0 Å². The van der Waals surface area contributed by atoms with Gasteiger partial charge in [-0.3, -0.25) is 4.79 Å². The highest BCUT2D eigenvalue weighted by molar-refractivity contribution is 5.70. The largest absolute Gasteiger partial charge is 0.457 e. The summed E-state index contributed by atoms with van der Waals surface area (Å²) in [7, 11) is 0. The molecule has 0 fully saturated rings. The highest BCUT2D eigenvalue weighted by atomic mass is 16.6. The zero-order valence-electron chi connectivity index (χ0n) is 14.6. The maximum absolute atomic E-state index is 11.8. The van der Waals surface area contributed by atoms with Gasteiger partial charge in [0, 0.05) is 0 Å². The molecule has 0 aliphatic carbocycles. The Hall–Kier alpha value is -0.810. The molecular weight excluding hydrogens is 336 g/mol. The van der Waals surface area contributed by atoms with Crippen LogP contribution in [0.5, 0.6) is 0 Å². The third kappa shape index (κ3) is 10.0. The molecule has 150 valence electrons. The van der Waals surface area contributed by atoms with Gasteiger partial charge < -0.3 is 40.5 Å². The lowest BCUT2D eigenvalue weighted by Crippen LogP contribution is -2.49. The van der Waals surface area contributed by atoms with Crippen molar-refractivity contribution in [1.82, 2.24) is 0 Å². The summed E-state index contributed by atoms with van der Waals surface area (Å²) in [4.78, 5) is 11.8. The molecule has 0 saturated heterocycles. The molecule has 0 spiro atoms. The van der Waals surface area contributed by atoms with Crippen molar-refractivity contribution < 1.29 is 45.3 Å². The van der Waals surface area contributed by atoms with Crippen LogP contribution < -0.4 is 0 Å². The number of unbranched alkanes of at least 4 members (excludes halogenated alkanes) is 2. The number of aliphatic hydroxyl groups excluding tert-OH is 7. The minimum atomic E-state index is -1.81. The van der Waals surface area contributed by atoms with Crippen LogP contribution in [0, 0.1) is 0 Å². The van der Waals surface area contributed by atoms with E-state index in [1.165, 1.54) is 0 Å². The van der Waals surface area contributed by atoms with Crippen LogP contribution in [-0.2, 0) is 9.53 Å². The number of aliphatic hydroxyl groups is 7. The van der Waals surface area contributed by atoms with Crippen LogP contribution in [0.25, 0.3) is 0 Å². The summed E-state index contributed by atoms with van der Waals surface area (Å²) in [5.74, 6) is -0.977. The molecule has 9 heteroatoms. The van der Waals surface area contributed by atoms with Crippen molar-refractivity contribution in [2.75, 3.05) is 13.2 Å². The summed E-state index contributed by atoms with van der Waals surface area (Å²) in [6, 6.07) is 0. The number of carbonyl (C=O) groups excluding carboxylic acids is 1. The van der Waals surface area contributed by atoms with E-state index in [1.54, 1.807) is 0 Å². The zero-order valence-corrected chi connectivity index (χ0v) is 14.6. The van der Waals surface area contributed by atoms with Crippen LogP contribution in [0.1, 0.15) is 45.4 Å². The highest BCUT2D eigenvalue weighted by Gasteiger charge is 2.35. The molecule has 25 heavy (non-hydrogen) atoms. The number of esters is 1. The van der Waals surface area contributed by atoms with Gasteiger partial charge in [-0.05, 0) is 12.8 Å². The van der Waals surface area contributed by atoms with Gasteiger partial charge in [0.1, 0.15) is 18.3 Å². The Balaban J connectivity index is 4.49. The van der Waals surface area contributed by atoms with Crippen LogP contribution >= 0.6 is 0 Å². The zero-order chi connectivity index (χ0) is 19.4. The minimum absolute atomic E-state index is 0.0200. The van der Waals surface area contributed by atoms with Gasteiger partial charge in [-0.1, -0.05) is 26.2 Å². The lowest BCUT2D eigenvalue weighted by molar-refractivity contribution is -0.179. The second-order valence-electron chi connectivity index (χ2n) is 6.19. The predicted octanol–water partition coefficient (Wildman–Crippen LogP) is -1.95. The molecule has 0 amide bonds. The first-order valence-corrected chi connectivity index (χ1v) is 8.58. The van der Waals surface area contributed by atoms with Crippen molar-refractivity contribution in [2.24, 2.45) is 0 Å². The predicted molar refractivity (Wildman–Crippen MR) is 87.5 cm³/mol. The molecule has 2 unspecified atom stereocenters. The molecular formula is C16H32O9. The van der Waals surface area contributed by atoms with Gasteiger partial charge >= 0.3 is 5.97 Å². The first-order valence-electron chi connectivity index (χ1n) is 8.58. The van der Waals surface area contributed by atoms with Gasteiger partial charge in [-0.2, -0.15) is 0 Å². The molecule has 9 nitrogen and oxygen atoms in total. The van der Waals surface area contributed by atoms with Crippen LogP contribution in [0.3, 0.4) is 0 Å². The molecule has 7 N–H and O–H groups in total. The third-order valence-corrected chi connectivity index (χ3v) is 3.84. The van der Waals surface area contributed by atoms with Crippen molar-refractivity contribution >= 4 is 5.97 Å². The van der Waals surface area contributed by atoms with Crippen molar-refractivity contribution in [3.05, 3.63) is 0 Å². The minimum Gasteiger partial charge on any atom is -0.457 e. The molecule has 0 aromatic heterocycles. The smallest absolute Gasteiger partial charge is 0.308 e. The van der Waals surface area contributed by atoms with Gasteiger partial charge in [0.05, 0.1) is 31.8 Å². The first kappa shape index (κ1) is 24.2. The molecule has 0 aliphatic heterocycles. The Morgan fingerprint density at radius 3 is 2.04 bits per heavy atom. The van der Waals surface area contributed by atoms with Crippen molar-refractivity contribution in [3.63, 3.8) is 0 Å². The Morgan fingerprint density at radius 2 is 1.52 bits per heavy atom. The Kier molecular flexibility index (Phi) is 13.0. The summed E-state index contributed by atoms with van der Waals surface area (Å²) in [6.07, 6.45) is -5.98. The average molecular weight is 368 g/mol. The Labute approximate surface area is 147 Å². The van der Waals surface area contributed by atoms with Gasteiger partial charge in [-0.15, -0.1) is 0 Å². The number of ether oxygens (including phenoxy) is 1. The summed E-state index contributed by atoms with van der Waals surface area (Å²) >= 11 is 0. The molecule has 0 radical (unpaired) electrons. The maximum atomic E-state index is 11.8. The number of hydrogen-bond acceptors (Lipinski definition) is 9. The van der Waals surface area contributed by atoms with E-state index in [-0.39, 0.29) is 6.42 Å². The highest BCUT2D eigenvalue weighted by Crippen LogP contribution is 2.14. The van der Waals surface area contributed by atoms with Crippen molar-refractivity contribution in [2.45, 2.75) is 82.1 Å². The molecule has 0 saturated carbocycles. The van der Waals surface area contributed by atoms with E-state index in [1.807, 2.05) is 6.92 Å². The van der Waals surface area contributed by atoms with E-state index in [4.69, 9.17) is 14.9 Å². The maximum Gasteiger partial charge on any atom is 0.308 e. The SMILES string of the molecule is CCCCCC(O)CC(O)CC(=O)O[C@@H]([C@H](O)[C@H](O)CO)[C@H](O)CO. The standard InChI is InChI=1S/C16H32O9/c1-2-3-4-5-10(19)6-11(20)7-14(23)25-16(13(22)9-18)15(24)12(21)8-17/h10-13,15-22,24H,2-9H2,1H3/t10?,11?,12-,13-,15-,16-/m1/s1. The Bertz CT molecular complexity index is 352. The van der Waals surface area contributed by atoms with E-state index in [2.05, 4.69) is 0 Å². The molecule has 0 aromatic rings. The van der Waals surface area contributed by atoms with Gasteiger partial charge in [0.25, 0.3) is 0 Å². The lowest BCUT2D eigenvalue weighted by atomic mass is 10.0. The molecule has 0 rings (SSSR count). The number of hydrogen-bond donors (Lipinski definition) is 7. The number of carbonyl (C=O) groups is 1. The monoisotopic (exact) mass is 368 g/mol. The molecule has 0 heterocycles. The second-order valence-corrected chi connectivity index (χ2v) is 6.19. The summed E-state index contributed by atoms with van der Waals surface area (Å²) in [5, 5.41) is 66.1. The molecule has 6 atom stereocenters. The van der Waals surface area contributed by atoms with E-state index >= 15 is 0 Å². The fourth-order valence-electron chi connectivity index (χ4n) is 2.34. The topological polar surface area (TPSA) is 168 Å². The molecule has 0 bridgehead atoms. The summed E-state index contributed by atoms with van der Waals surface area (Å²) in [6.45, 7) is 0.350. The van der Waals surface area contributed by atoms with Gasteiger partial charge in [0.15, 0.2) is 6.10 Å². The average Bonchev–Trinajstić information content (AvgIpc) is 2.57. The second kappa shape index (κ2) is 13.4. The van der Waals surface area contributed by atoms with Crippen LogP contribution in [0.4, 0.5) is 0 Å². The van der Waals surface area contributed by atoms with Gasteiger partial charge in [-0.25, -0.2) is 0 Å². The lowest BCUT2D eigenvalue weighted by Gasteiger charge is -2.29. The van der Waals surface area contributed by atoms with E-state index < -0.39 is 62.2 Å². The van der Waals surface area contributed by atoms with Crippen LogP contribution in [0.15, 0.2) is 0 Å². The van der Waals surface area contributed by atoms with Crippen LogP contribution in [0.2, 0.25) is 0 Å². The Morgan fingerprint density at radius 1 is 0.920 bits per heavy atom. The molecule has 0 aromatic carbocycles. The number of rotatable bonds is 14. The summed E-state index contributed by atoms with van der Waals surface area (Å²) < 4.78 is 4.83. The quantitative estimate of drug-likeness (QED) is 0.136. The first-order chi connectivity index (χ1) is 11.8. The molecule has 0 aliphatic rings. The van der Waals surface area contributed by atoms with E-state index in [0.717, 1.165) is 19.3 Å².